The summed E-state index contributed by atoms with van der Waals surface area (Å²) in [5.41, 5.74) is 7.50. The van der Waals surface area contributed by atoms with Crippen molar-refractivity contribution in [1.82, 2.24) is 10.6 Å². The normalized spacial score (nSPS) is 12.7. The van der Waals surface area contributed by atoms with Gasteiger partial charge in [0.05, 0.1) is 23.2 Å². The molecule has 2 atom stereocenters. The predicted octanol–water partition coefficient (Wildman–Crippen LogP) is 5.90. The highest BCUT2D eigenvalue weighted by Gasteiger charge is 2.21. The van der Waals surface area contributed by atoms with Gasteiger partial charge in [-0.15, -0.1) is 0 Å². The van der Waals surface area contributed by atoms with Gasteiger partial charge in [-0.1, -0.05) is 59.7 Å². The molecule has 0 aromatic heterocycles. The van der Waals surface area contributed by atoms with Crippen molar-refractivity contribution in [3.63, 3.8) is 0 Å². The third-order valence-corrected chi connectivity index (χ3v) is 5.90. The molecule has 3 aromatic rings. The van der Waals surface area contributed by atoms with Gasteiger partial charge in [-0.3, -0.25) is 9.59 Å². The van der Waals surface area contributed by atoms with E-state index in [1.165, 1.54) is 11.1 Å². The lowest BCUT2D eigenvalue weighted by Gasteiger charge is -2.20. The molecule has 0 spiro atoms. The first-order valence-electron chi connectivity index (χ1n) is 11.0. The van der Waals surface area contributed by atoms with Crippen molar-refractivity contribution in [3.8, 4) is 0 Å². The van der Waals surface area contributed by atoms with Crippen LogP contribution in [0.2, 0.25) is 0 Å². The number of nitrogens with one attached hydrogen (secondary N) is 2. The quantitative estimate of drug-likeness (QED) is 0.513. The van der Waals surface area contributed by atoms with E-state index in [-0.39, 0.29) is 23.9 Å². The SMILES string of the molecule is Cc1ccc([C@H](C)NC(=O)c2ccccc2C(=O)N[C@H](C)c2ccc(C)cc2C)c(C)c1. The van der Waals surface area contributed by atoms with E-state index in [1.54, 1.807) is 24.3 Å². The molecule has 0 saturated carbocycles. The molecule has 3 aromatic carbocycles. The van der Waals surface area contributed by atoms with E-state index >= 15 is 0 Å². The lowest BCUT2D eigenvalue weighted by Crippen LogP contribution is -2.32. The van der Waals surface area contributed by atoms with Crippen LogP contribution in [0, 0.1) is 27.7 Å². The van der Waals surface area contributed by atoms with E-state index in [0.717, 1.165) is 22.3 Å². The molecular formula is C28H32N2O2. The van der Waals surface area contributed by atoms with E-state index < -0.39 is 0 Å². The van der Waals surface area contributed by atoms with Gasteiger partial charge in [0.2, 0.25) is 0 Å². The van der Waals surface area contributed by atoms with Crippen LogP contribution in [-0.2, 0) is 0 Å². The zero-order valence-corrected chi connectivity index (χ0v) is 19.7. The van der Waals surface area contributed by atoms with Gasteiger partial charge >= 0.3 is 0 Å². The lowest BCUT2D eigenvalue weighted by atomic mass is 9.98. The van der Waals surface area contributed by atoms with Crippen LogP contribution < -0.4 is 10.6 Å². The first-order valence-corrected chi connectivity index (χ1v) is 11.0. The first kappa shape index (κ1) is 23.3. The summed E-state index contributed by atoms with van der Waals surface area (Å²) < 4.78 is 0. The monoisotopic (exact) mass is 428 g/mol. The van der Waals surface area contributed by atoms with Gasteiger partial charge in [0.1, 0.15) is 0 Å². The van der Waals surface area contributed by atoms with Gasteiger partial charge in [-0.05, 0) is 75.9 Å². The van der Waals surface area contributed by atoms with Crippen molar-refractivity contribution in [2.24, 2.45) is 0 Å². The Hall–Kier alpha value is -3.40. The lowest BCUT2D eigenvalue weighted by molar-refractivity contribution is 0.0905. The van der Waals surface area contributed by atoms with Crippen LogP contribution in [0.5, 0.6) is 0 Å². The number of benzene rings is 3. The molecular weight excluding hydrogens is 396 g/mol. The number of hydrogen-bond donors (Lipinski definition) is 2. The van der Waals surface area contributed by atoms with Crippen LogP contribution in [0.3, 0.4) is 0 Å². The fraction of sp³-hybridized carbons (Fsp3) is 0.286. The van der Waals surface area contributed by atoms with Crippen LogP contribution in [0.1, 0.15) is 80.0 Å². The smallest absolute Gasteiger partial charge is 0.252 e. The summed E-state index contributed by atoms with van der Waals surface area (Å²) in [6.45, 7) is 12.1. The van der Waals surface area contributed by atoms with Crippen molar-refractivity contribution < 1.29 is 9.59 Å². The molecule has 4 nitrogen and oxygen atoms in total. The highest BCUT2D eigenvalue weighted by atomic mass is 16.2. The number of amides is 2. The minimum absolute atomic E-state index is 0.173. The molecule has 0 saturated heterocycles. The van der Waals surface area contributed by atoms with E-state index in [4.69, 9.17) is 0 Å². The molecule has 4 heteroatoms. The summed E-state index contributed by atoms with van der Waals surface area (Å²) in [7, 11) is 0. The summed E-state index contributed by atoms with van der Waals surface area (Å²) in [6, 6.07) is 19.0. The average Bonchev–Trinajstić information content (AvgIpc) is 2.73. The maximum Gasteiger partial charge on any atom is 0.252 e. The van der Waals surface area contributed by atoms with Crippen LogP contribution in [0.4, 0.5) is 0 Å². The Bertz CT molecular complexity index is 1060. The standard InChI is InChI=1S/C28H32N2O2/c1-17-11-13-23(19(3)15-17)21(5)29-27(31)25-9-7-8-10-26(25)28(32)30-22(6)24-14-12-18(2)16-20(24)4/h7-16,21-22H,1-6H3,(H,29,31)(H,30,32)/t21-,22+. The minimum atomic E-state index is -0.262. The Morgan fingerprint density at radius 3 is 1.34 bits per heavy atom. The molecule has 0 aliphatic carbocycles. The van der Waals surface area contributed by atoms with Crippen molar-refractivity contribution >= 4 is 11.8 Å². The van der Waals surface area contributed by atoms with Crippen LogP contribution in [0.25, 0.3) is 0 Å². The van der Waals surface area contributed by atoms with Crippen molar-refractivity contribution in [2.75, 3.05) is 0 Å². The molecule has 2 amide bonds. The Kier molecular flexibility index (Phi) is 7.14. The summed E-state index contributed by atoms with van der Waals surface area (Å²) >= 11 is 0. The number of hydrogen-bond acceptors (Lipinski definition) is 2. The van der Waals surface area contributed by atoms with Crippen molar-refractivity contribution in [3.05, 3.63) is 105 Å². The zero-order valence-electron chi connectivity index (χ0n) is 19.7. The Morgan fingerprint density at radius 2 is 1.00 bits per heavy atom. The molecule has 166 valence electrons. The fourth-order valence-electron chi connectivity index (χ4n) is 4.21. The molecule has 3 rings (SSSR count). The topological polar surface area (TPSA) is 58.2 Å². The van der Waals surface area contributed by atoms with E-state index in [0.29, 0.717) is 11.1 Å². The van der Waals surface area contributed by atoms with E-state index in [1.807, 2.05) is 65.8 Å². The third-order valence-electron chi connectivity index (χ3n) is 5.90. The molecule has 0 aliphatic heterocycles. The summed E-state index contributed by atoms with van der Waals surface area (Å²) in [6.07, 6.45) is 0. The molecule has 0 unspecified atom stereocenters. The average molecular weight is 429 g/mol. The molecule has 0 bridgehead atoms. The maximum absolute atomic E-state index is 13.1. The van der Waals surface area contributed by atoms with Gasteiger partial charge in [0.25, 0.3) is 11.8 Å². The van der Waals surface area contributed by atoms with E-state index in [9.17, 15) is 9.59 Å². The highest BCUT2D eigenvalue weighted by Crippen LogP contribution is 2.21. The first-order chi connectivity index (χ1) is 15.2. The van der Waals surface area contributed by atoms with Crippen LogP contribution >= 0.6 is 0 Å². The zero-order chi connectivity index (χ0) is 23.4. The molecule has 0 fully saturated rings. The summed E-state index contributed by atoms with van der Waals surface area (Å²) in [4.78, 5) is 26.2. The second-order valence-electron chi connectivity index (χ2n) is 8.66. The molecule has 0 aliphatic rings. The Labute approximate surface area is 191 Å². The van der Waals surface area contributed by atoms with Gasteiger partial charge in [-0.25, -0.2) is 0 Å². The molecule has 0 radical (unpaired) electrons. The largest absolute Gasteiger partial charge is 0.345 e. The summed E-state index contributed by atoms with van der Waals surface area (Å²) in [5, 5.41) is 6.10. The fourth-order valence-corrected chi connectivity index (χ4v) is 4.21. The molecule has 0 heterocycles. The minimum Gasteiger partial charge on any atom is -0.345 e. The number of carbonyl (C=O) groups is 2. The third kappa shape index (κ3) is 5.25. The highest BCUT2D eigenvalue weighted by molar-refractivity contribution is 6.07. The second-order valence-corrected chi connectivity index (χ2v) is 8.66. The maximum atomic E-state index is 13.1. The van der Waals surface area contributed by atoms with Gasteiger partial charge in [0.15, 0.2) is 0 Å². The van der Waals surface area contributed by atoms with Gasteiger partial charge in [0, 0.05) is 0 Å². The predicted molar refractivity (Wildman–Crippen MR) is 130 cm³/mol. The second kappa shape index (κ2) is 9.82. The molecule has 2 N–H and O–H groups in total. The number of aryl methyl sites for hydroxylation is 4. The summed E-state index contributed by atoms with van der Waals surface area (Å²) in [5.74, 6) is -0.523. The van der Waals surface area contributed by atoms with Gasteiger partial charge in [-0.2, -0.15) is 0 Å². The number of rotatable bonds is 6. The molecule has 32 heavy (non-hydrogen) atoms. The Morgan fingerprint density at radius 1 is 0.625 bits per heavy atom. The Balaban J connectivity index is 1.78. The van der Waals surface area contributed by atoms with Crippen LogP contribution in [0.15, 0.2) is 60.7 Å². The van der Waals surface area contributed by atoms with Crippen molar-refractivity contribution in [1.29, 1.82) is 0 Å². The van der Waals surface area contributed by atoms with E-state index in [2.05, 4.69) is 22.8 Å². The van der Waals surface area contributed by atoms with Gasteiger partial charge < -0.3 is 10.6 Å². The number of carbonyl (C=O) groups excluding carboxylic acids is 2. The van der Waals surface area contributed by atoms with Crippen LogP contribution in [-0.4, -0.2) is 11.8 Å². The van der Waals surface area contributed by atoms with Crippen molar-refractivity contribution in [2.45, 2.75) is 53.6 Å².